The molecule has 0 N–H and O–H groups in total. The van der Waals surface area contributed by atoms with Crippen molar-refractivity contribution in [3.05, 3.63) is 88.2 Å². The van der Waals surface area contributed by atoms with Crippen molar-refractivity contribution in [2.24, 2.45) is 0 Å². The van der Waals surface area contributed by atoms with Crippen LogP contribution in [0, 0.1) is 18.4 Å². The van der Waals surface area contributed by atoms with Crippen LogP contribution in [0.2, 0.25) is 16.6 Å². The smallest absolute Gasteiger partial charge is 0.255 e. The Kier molecular flexibility index (Phi) is 6.56. The van der Waals surface area contributed by atoms with E-state index in [-0.39, 0.29) is 5.56 Å². The van der Waals surface area contributed by atoms with E-state index in [1.165, 1.54) is 0 Å². The van der Waals surface area contributed by atoms with Crippen molar-refractivity contribution in [1.82, 2.24) is 4.40 Å². The van der Waals surface area contributed by atoms with Gasteiger partial charge in [0.25, 0.3) is 5.56 Å². The largest absolute Gasteiger partial charge is 0.275 e. The summed E-state index contributed by atoms with van der Waals surface area (Å²) in [6.07, 6.45) is 0. The summed E-state index contributed by atoms with van der Waals surface area (Å²) in [5, 5.41) is 2.23. The van der Waals surface area contributed by atoms with Crippen LogP contribution in [0.1, 0.15) is 52.7 Å². The summed E-state index contributed by atoms with van der Waals surface area (Å²) in [6, 6.07) is 22.2. The number of benzene rings is 2. The second kappa shape index (κ2) is 9.28. The minimum Gasteiger partial charge on any atom is -0.275 e. The van der Waals surface area contributed by atoms with Gasteiger partial charge in [0, 0.05) is 16.8 Å². The Bertz CT molecular complexity index is 1440. The quantitative estimate of drug-likeness (QED) is 0.170. The second-order valence-electron chi connectivity index (χ2n) is 10.3. The predicted molar refractivity (Wildman–Crippen MR) is 149 cm³/mol. The Labute approximate surface area is 204 Å². The highest BCUT2D eigenvalue weighted by atomic mass is 28.3. The molecule has 0 aliphatic rings. The molecule has 0 spiro atoms. The first kappa shape index (κ1) is 24.0. The number of hydrogen-bond donors (Lipinski definition) is 0. The molecule has 2 heterocycles. The van der Waals surface area contributed by atoms with E-state index in [0.717, 1.165) is 38.7 Å². The van der Waals surface area contributed by atoms with Crippen LogP contribution in [-0.4, -0.2) is 12.5 Å². The third-order valence-electron chi connectivity index (χ3n) is 7.53. The molecule has 0 amide bonds. The molecule has 2 aromatic heterocycles. The lowest BCUT2D eigenvalue weighted by molar-refractivity contribution is 0.838. The van der Waals surface area contributed by atoms with Gasteiger partial charge in [0.2, 0.25) is 0 Å². The van der Waals surface area contributed by atoms with Gasteiger partial charge in [0.05, 0.1) is 16.8 Å². The van der Waals surface area contributed by atoms with Crippen molar-refractivity contribution in [3.63, 3.8) is 0 Å². The van der Waals surface area contributed by atoms with Gasteiger partial charge in [-0.3, -0.25) is 9.20 Å². The second-order valence-corrected chi connectivity index (χ2v) is 15.9. The number of aryl methyl sites for hydroxylation is 1. The molecule has 34 heavy (non-hydrogen) atoms. The summed E-state index contributed by atoms with van der Waals surface area (Å²) in [6.45, 7) is 16.2. The number of rotatable bonds is 4. The Hall–Kier alpha value is -3.09. The molecule has 2 nitrogen and oxygen atoms in total. The van der Waals surface area contributed by atoms with Crippen LogP contribution in [0.25, 0.3) is 27.5 Å². The van der Waals surface area contributed by atoms with E-state index in [0.29, 0.717) is 16.6 Å². The number of fused-ring (bicyclic) bond motifs is 3. The molecule has 0 bridgehead atoms. The van der Waals surface area contributed by atoms with E-state index in [2.05, 4.69) is 96.3 Å². The highest BCUT2D eigenvalue weighted by Crippen LogP contribution is 2.41. The topological polar surface area (TPSA) is 21.5 Å². The average Bonchev–Trinajstić information content (AvgIpc) is 2.79. The molecule has 0 saturated heterocycles. The average molecular weight is 466 g/mol. The monoisotopic (exact) mass is 465 g/mol. The summed E-state index contributed by atoms with van der Waals surface area (Å²) in [7, 11) is -1.96. The Morgan fingerprint density at radius 3 is 2.00 bits per heavy atom. The van der Waals surface area contributed by atoms with Gasteiger partial charge in [0.1, 0.15) is 8.07 Å². The number of aromatic nitrogens is 1. The van der Waals surface area contributed by atoms with E-state index < -0.39 is 8.07 Å². The fourth-order valence-electron chi connectivity index (χ4n) is 5.97. The maximum absolute atomic E-state index is 13.3. The van der Waals surface area contributed by atoms with Crippen LogP contribution in [-0.2, 0) is 0 Å². The summed E-state index contributed by atoms with van der Waals surface area (Å²) < 4.78 is 1.87. The molecular formula is C31H35NOSi. The van der Waals surface area contributed by atoms with Gasteiger partial charge in [-0.1, -0.05) is 102 Å². The Balaban J connectivity index is 2.25. The molecule has 0 atom stereocenters. The predicted octanol–water partition coefficient (Wildman–Crippen LogP) is 8.00. The summed E-state index contributed by atoms with van der Waals surface area (Å²) >= 11 is 0. The fourth-order valence-corrected chi connectivity index (χ4v) is 11.2. The molecule has 2 aromatic carbocycles. The third-order valence-corrected chi connectivity index (χ3v) is 13.8. The molecule has 0 fully saturated rings. The van der Waals surface area contributed by atoms with Gasteiger partial charge in [-0.2, -0.15) is 0 Å². The molecule has 0 aliphatic carbocycles. The van der Waals surface area contributed by atoms with Crippen molar-refractivity contribution in [1.29, 1.82) is 0 Å². The third kappa shape index (κ3) is 3.81. The molecule has 0 unspecified atom stereocenters. The van der Waals surface area contributed by atoms with Gasteiger partial charge in [-0.25, -0.2) is 0 Å². The zero-order valence-corrected chi connectivity index (χ0v) is 22.4. The number of pyridine rings is 2. The van der Waals surface area contributed by atoms with Crippen LogP contribution in [0.15, 0.2) is 71.5 Å². The highest BCUT2D eigenvalue weighted by molar-refractivity contribution is 6.90. The van der Waals surface area contributed by atoms with Crippen molar-refractivity contribution in [2.75, 3.05) is 0 Å². The first-order valence-electron chi connectivity index (χ1n) is 12.4. The number of hydrogen-bond acceptors (Lipinski definition) is 1. The van der Waals surface area contributed by atoms with Crippen molar-refractivity contribution >= 4 is 24.4 Å². The van der Waals surface area contributed by atoms with Crippen molar-refractivity contribution < 1.29 is 0 Å². The first-order chi connectivity index (χ1) is 16.2. The maximum Gasteiger partial charge on any atom is 0.255 e. The SMILES string of the molecule is Cc1cccc2c(C#C[Si](C(C)C)(C(C)C)C(C)C)c(-c3ccccc3)n3c(=O)cccc3c12. The lowest BCUT2D eigenvalue weighted by Crippen LogP contribution is -2.43. The highest BCUT2D eigenvalue weighted by Gasteiger charge is 2.41. The van der Waals surface area contributed by atoms with Crippen LogP contribution in [0.4, 0.5) is 0 Å². The van der Waals surface area contributed by atoms with E-state index >= 15 is 0 Å². The molecule has 4 aromatic rings. The zero-order chi connectivity index (χ0) is 24.6. The minimum atomic E-state index is -1.96. The minimum absolute atomic E-state index is 0.0235. The standard InChI is InChI=1S/C31H35NOSi/c1-21(2)34(22(3)4,23(5)6)20-19-27-26-16-11-13-24(7)30(26)28-17-12-18-29(33)32(28)31(27)25-14-9-8-10-15-25/h8-18,21-23H,1-7H3. The van der Waals surface area contributed by atoms with E-state index in [4.69, 9.17) is 0 Å². The van der Waals surface area contributed by atoms with Crippen molar-refractivity contribution in [3.8, 4) is 22.7 Å². The van der Waals surface area contributed by atoms with E-state index in [9.17, 15) is 4.79 Å². The summed E-state index contributed by atoms with van der Waals surface area (Å²) in [5.74, 6) is 3.74. The summed E-state index contributed by atoms with van der Waals surface area (Å²) in [5.41, 5.74) is 10.5. The molecule has 0 radical (unpaired) electrons. The molecule has 174 valence electrons. The molecular weight excluding hydrogens is 430 g/mol. The zero-order valence-electron chi connectivity index (χ0n) is 21.4. The Morgan fingerprint density at radius 1 is 0.765 bits per heavy atom. The van der Waals surface area contributed by atoms with E-state index in [1.807, 2.05) is 28.7 Å². The van der Waals surface area contributed by atoms with Crippen molar-refractivity contribution in [2.45, 2.75) is 65.1 Å². The first-order valence-corrected chi connectivity index (χ1v) is 14.6. The van der Waals surface area contributed by atoms with Crippen LogP contribution < -0.4 is 5.56 Å². The molecule has 3 heteroatoms. The Morgan fingerprint density at radius 2 is 1.38 bits per heavy atom. The van der Waals surface area contributed by atoms with Gasteiger partial charge < -0.3 is 0 Å². The lowest BCUT2D eigenvalue weighted by atomic mass is 9.96. The fraction of sp³-hybridized carbons (Fsp3) is 0.323. The van der Waals surface area contributed by atoms with Gasteiger partial charge in [0.15, 0.2) is 0 Å². The van der Waals surface area contributed by atoms with Gasteiger partial charge in [-0.05, 0) is 40.7 Å². The number of nitrogens with zero attached hydrogens (tertiary/aromatic N) is 1. The van der Waals surface area contributed by atoms with Gasteiger partial charge in [-0.15, -0.1) is 5.54 Å². The van der Waals surface area contributed by atoms with Gasteiger partial charge >= 0.3 is 0 Å². The van der Waals surface area contributed by atoms with Crippen LogP contribution in [0.5, 0.6) is 0 Å². The molecule has 0 aliphatic heterocycles. The summed E-state index contributed by atoms with van der Waals surface area (Å²) in [4.78, 5) is 13.3. The van der Waals surface area contributed by atoms with E-state index in [1.54, 1.807) is 6.07 Å². The molecule has 4 rings (SSSR count). The molecule has 0 saturated carbocycles. The van der Waals surface area contributed by atoms with Crippen LogP contribution >= 0.6 is 0 Å². The lowest BCUT2D eigenvalue weighted by Gasteiger charge is -2.38. The normalized spacial score (nSPS) is 12.1. The maximum atomic E-state index is 13.3. The van der Waals surface area contributed by atoms with Crippen LogP contribution in [0.3, 0.4) is 0 Å².